The summed E-state index contributed by atoms with van der Waals surface area (Å²) in [6, 6.07) is 15.0. The quantitative estimate of drug-likeness (QED) is 0.452. The predicted molar refractivity (Wildman–Crippen MR) is 118 cm³/mol. The molecule has 0 heterocycles. The number of unbranched alkanes of at least 4 members (excludes halogenated alkanes) is 1. The number of carboxylic acid groups (broad SMARTS) is 1. The minimum atomic E-state index is -1.08. The Morgan fingerprint density at radius 2 is 1.65 bits per heavy atom. The van der Waals surface area contributed by atoms with Gasteiger partial charge in [0, 0.05) is 12.1 Å². The van der Waals surface area contributed by atoms with Gasteiger partial charge in [-0.15, -0.1) is 0 Å². The molecular formula is C24H30N2O5. The summed E-state index contributed by atoms with van der Waals surface area (Å²) < 4.78 is 5.54. The maximum Gasteiger partial charge on any atom is 0.326 e. The van der Waals surface area contributed by atoms with Crippen LogP contribution in [-0.2, 0) is 16.0 Å². The van der Waals surface area contributed by atoms with Crippen LogP contribution in [0, 0.1) is 0 Å². The zero-order valence-corrected chi connectivity index (χ0v) is 18.0. The highest BCUT2D eigenvalue weighted by molar-refractivity contribution is 5.96. The summed E-state index contributed by atoms with van der Waals surface area (Å²) in [4.78, 5) is 35.8. The van der Waals surface area contributed by atoms with E-state index < -0.39 is 17.9 Å². The van der Waals surface area contributed by atoms with Gasteiger partial charge < -0.3 is 20.5 Å². The van der Waals surface area contributed by atoms with Crippen molar-refractivity contribution in [1.29, 1.82) is 0 Å². The Hall–Kier alpha value is -3.35. The standard InChI is InChI=1S/C24H30N2O5/c1-17(2)31-20-13-11-19(12-14-20)23(28)26-21(24(29)30)10-6-7-15-25-22(27)16-18-8-4-3-5-9-18/h3-5,8-9,11-14,17,21H,6-7,10,15-16H2,1-2H3,(H,25,27)(H,26,28)(H,29,30). The number of carboxylic acids is 1. The predicted octanol–water partition coefficient (Wildman–Crippen LogP) is 3.19. The van der Waals surface area contributed by atoms with Crippen LogP contribution in [-0.4, -0.2) is 41.6 Å². The van der Waals surface area contributed by atoms with Crippen LogP contribution in [0.15, 0.2) is 54.6 Å². The fourth-order valence-electron chi connectivity index (χ4n) is 3.00. The molecule has 0 saturated carbocycles. The Bertz CT molecular complexity index is 850. The molecule has 0 aliphatic heterocycles. The lowest BCUT2D eigenvalue weighted by Crippen LogP contribution is -2.40. The number of aliphatic carboxylic acids is 1. The minimum Gasteiger partial charge on any atom is -0.491 e. The lowest BCUT2D eigenvalue weighted by Gasteiger charge is -2.15. The molecule has 7 nitrogen and oxygen atoms in total. The van der Waals surface area contributed by atoms with Crippen LogP contribution in [0.1, 0.15) is 49.0 Å². The zero-order valence-electron chi connectivity index (χ0n) is 18.0. The fraction of sp³-hybridized carbons (Fsp3) is 0.375. The van der Waals surface area contributed by atoms with Crippen molar-refractivity contribution >= 4 is 17.8 Å². The highest BCUT2D eigenvalue weighted by Crippen LogP contribution is 2.14. The van der Waals surface area contributed by atoms with Crippen molar-refractivity contribution in [3.8, 4) is 5.75 Å². The first-order chi connectivity index (χ1) is 14.8. The van der Waals surface area contributed by atoms with E-state index in [0.717, 1.165) is 5.56 Å². The van der Waals surface area contributed by atoms with Crippen LogP contribution in [0.5, 0.6) is 5.75 Å². The highest BCUT2D eigenvalue weighted by Gasteiger charge is 2.20. The minimum absolute atomic E-state index is 0.0270. The molecule has 31 heavy (non-hydrogen) atoms. The number of amides is 2. The van der Waals surface area contributed by atoms with Crippen LogP contribution in [0.3, 0.4) is 0 Å². The van der Waals surface area contributed by atoms with Crippen LogP contribution >= 0.6 is 0 Å². The van der Waals surface area contributed by atoms with Gasteiger partial charge in [0.05, 0.1) is 12.5 Å². The Morgan fingerprint density at radius 1 is 0.968 bits per heavy atom. The maximum absolute atomic E-state index is 12.4. The molecule has 0 fully saturated rings. The average Bonchev–Trinajstić information content (AvgIpc) is 2.73. The van der Waals surface area contributed by atoms with Crippen molar-refractivity contribution in [2.45, 2.75) is 51.7 Å². The van der Waals surface area contributed by atoms with Crippen molar-refractivity contribution < 1.29 is 24.2 Å². The van der Waals surface area contributed by atoms with Gasteiger partial charge in [0.1, 0.15) is 11.8 Å². The van der Waals surface area contributed by atoms with Crippen molar-refractivity contribution in [3.05, 3.63) is 65.7 Å². The molecule has 2 aromatic rings. The zero-order chi connectivity index (χ0) is 22.6. The molecule has 7 heteroatoms. The van der Waals surface area contributed by atoms with E-state index in [1.807, 2.05) is 44.2 Å². The van der Waals surface area contributed by atoms with Crippen molar-refractivity contribution in [2.75, 3.05) is 6.54 Å². The van der Waals surface area contributed by atoms with Crippen molar-refractivity contribution in [3.63, 3.8) is 0 Å². The molecule has 0 aromatic heterocycles. The summed E-state index contributed by atoms with van der Waals surface area (Å²) in [6.45, 7) is 4.28. The second-order valence-corrected chi connectivity index (χ2v) is 7.56. The van der Waals surface area contributed by atoms with Gasteiger partial charge in [0.15, 0.2) is 0 Å². The first-order valence-corrected chi connectivity index (χ1v) is 10.5. The van der Waals surface area contributed by atoms with Crippen LogP contribution in [0.4, 0.5) is 0 Å². The normalized spacial score (nSPS) is 11.6. The van der Waals surface area contributed by atoms with Gasteiger partial charge in [-0.3, -0.25) is 9.59 Å². The number of hydrogen-bond acceptors (Lipinski definition) is 4. The molecule has 2 aromatic carbocycles. The van der Waals surface area contributed by atoms with Gasteiger partial charge in [0.2, 0.25) is 5.91 Å². The second-order valence-electron chi connectivity index (χ2n) is 7.56. The Labute approximate surface area is 182 Å². The first kappa shape index (κ1) is 23.9. The summed E-state index contributed by atoms with van der Waals surface area (Å²) in [5, 5.41) is 14.8. The SMILES string of the molecule is CC(C)Oc1ccc(C(=O)NC(CCCCNC(=O)Cc2ccccc2)C(=O)O)cc1. The molecule has 2 amide bonds. The third-order valence-corrected chi connectivity index (χ3v) is 4.54. The van der Waals surface area contributed by atoms with Gasteiger partial charge >= 0.3 is 5.97 Å². The molecule has 1 atom stereocenters. The Balaban J connectivity index is 1.72. The molecular weight excluding hydrogens is 396 g/mol. The van der Waals surface area contributed by atoms with Gasteiger partial charge in [0.25, 0.3) is 5.91 Å². The third kappa shape index (κ3) is 8.90. The van der Waals surface area contributed by atoms with Crippen molar-refractivity contribution in [2.24, 2.45) is 0 Å². The molecule has 0 spiro atoms. The summed E-state index contributed by atoms with van der Waals surface area (Å²) >= 11 is 0. The molecule has 0 aliphatic rings. The smallest absolute Gasteiger partial charge is 0.326 e. The van der Waals surface area contributed by atoms with E-state index in [1.165, 1.54) is 0 Å². The lowest BCUT2D eigenvalue weighted by atomic mass is 10.1. The van der Waals surface area contributed by atoms with Crippen LogP contribution in [0.25, 0.3) is 0 Å². The summed E-state index contributed by atoms with van der Waals surface area (Å²) in [6.07, 6.45) is 1.81. The first-order valence-electron chi connectivity index (χ1n) is 10.5. The van der Waals surface area contributed by atoms with Gasteiger partial charge in [-0.05, 0) is 62.9 Å². The number of benzene rings is 2. The van der Waals surface area contributed by atoms with E-state index in [0.29, 0.717) is 37.1 Å². The molecule has 0 radical (unpaired) electrons. The molecule has 3 N–H and O–H groups in total. The van der Waals surface area contributed by atoms with E-state index in [4.69, 9.17) is 4.74 Å². The molecule has 166 valence electrons. The molecule has 2 rings (SSSR count). The number of carbonyl (C=O) groups is 3. The lowest BCUT2D eigenvalue weighted by molar-refractivity contribution is -0.139. The van der Waals surface area contributed by atoms with E-state index in [2.05, 4.69) is 10.6 Å². The topological polar surface area (TPSA) is 105 Å². The average molecular weight is 427 g/mol. The van der Waals surface area contributed by atoms with Gasteiger partial charge in [-0.1, -0.05) is 30.3 Å². The van der Waals surface area contributed by atoms with Crippen molar-refractivity contribution in [1.82, 2.24) is 10.6 Å². The summed E-state index contributed by atoms with van der Waals surface area (Å²) in [5.74, 6) is -0.948. The van der Waals surface area contributed by atoms with E-state index in [9.17, 15) is 19.5 Å². The molecule has 0 saturated heterocycles. The molecule has 0 bridgehead atoms. The highest BCUT2D eigenvalue weighted by atomic mass is 16.5. The van der Waals surface area contributed by atoms with Crippen LogP contribution < -0.4 is 15.4 Å². The number of nitrogens with one attached hydrogen (secondary N) is 2. The second kappa shape index (κ2) is 12.4. The van der Waals surface area contributed by atoms with E-state index in [-0.39, 0.29) is 18.4 Å². The van der Waals surface area contributed by atoms with Crippen LogP contribution in [0.2, 0.25) is 0 Å². The molecule has 1 unspecified atom stereocenters. The van der Waals surface area contributed by atoms with Gasteiger partial charge in [-0.2, -0.15) is 0 Å². The molecule has 0 aliphatic carbocycles. The fourth-order valence-corrected chi connectivity index (χ4v) is 3.00. The summed E-state index contributed by atoms with van der Waals surface area (Å²) in [7, 11) is 0. The number of hydrogen-bond donors (Lipinski definition) is 3. The number of ether oxygens (including phenoxy) is 1. The monoisotopic (exact) mass is 426 g/mol. The van der Waals surface area contributed by atoms with Gasteiger partial charge in [-0.25, -0.2) is 4.79 Å². The number of rotatable bonds is 12. The van der Waals surface area contributed by atoms with E-state index >= 15 is 0 Å². The van der Waals surface area contributed by atoms with E-state index in [1.54, 1.807) is 24.3 Å². The number of carbonyl (C=O) groups excluding carboxylic acids is 2. The third-order valence-electron chi connectivity index (χ3n) is 4.54. The summed E-state index contributed by atoms with van der Waals surface area (Å²) in [5.41, 5.74) is 1.31. The Morgan fingerprint density at radius 3 is 2.26 bits per heavy atom. The maximum atomic E-state index is 12.4. The Kier molecular flexibility index (Phi) is 9.55. The largest absolute Gasteiger partial charge is 0.491 e.